The fourth-order valence-corrected chi connectivity index (χ4v) is 3.84. The molecule has 0 bridgehead atoms. The molecule has 0 aliphatic rings. The molecule has 1 amide bonds. The fraction of sp³-hybridized carbons (Fsp3) is 0.412. The van der Waals surface area contributed by atoms with Gasteiger partial charge in [-0.15, -0.1) is 22.7 Å². The van der Waals surface area contributed by atoms with Crippen LogP contribution in [0.5, 0.6) is 0 Å². The molecule has 4 nitrogen and oxygen atoms in total. The lowest BCUT2D eigenvalue weighted by atomic mass is 10.2. The Morgan fingerprint density at radius 2 is 1.91 bits per heavy atom. The van der Waals surface area contributed by atoms with Gasteiger partial charge in [0.05, 0.1) is 17.0 Å². The molecule has 2 aromatic heterocycles. The van der Waals surface area contributed by atoms with Gasteiger partial charge in [-0.1, -0.05) is 0 Å². The minimum absolute atomic E-state index is 0.00257. The topological polar surface area (TPSA) is 40.6 Å². The number of Topliss-reactive ketones (excluding diaryl/α,β-unsaturated/α-hetero) is 1. The summed E-state index contributed by atoms with van der Waals surface area (Å²) >= 11 is 3.05. The van der Waals surface area contributed by atoms with Crippen molar-refractivity contribution in [2.75, 3.05) is 27.2 Å². The van der Waals surface area contributed by atoms with Crippen LogP contribution in [0.2, 0.25) is 0 Å². The third kappa shape index (κ3) is 4.99. The molecule has 0 atom stereocenters. The Kier molecular flexibility index (Phi) is 6.10. The number of hydrogen-bond acceptors (Lipinski definition) is 5. The number of amides is 1. The summed E-state index contributed by atoms with van der Waals surface area (Å²) in [6.07, 6.45) is 0. The van der Waals surface area contributed by atoms with E-state index in [1.165, 1.54) is 28.0 Å². The molecule has 0 aromatic carbocycles. The van der Waals surface area contributed by atoms with Crippen LogP contribution in [-0.4, -0.2) is 48.7 Å². The Bertz CT molecular complexity index is 688. The van der Waals surface area contributed by atoms with E-state index in [4.69, 9.17) is 0 Å². The molecule has 0 fully saturated rings. The van der Waals surface area contributed by atoms with Crippen LogP contribution in [0.1, 0.15) is 36.7 Å². The van der Waals surface area contributed by atoms with Gasteiger partial charge in [-0.25, -0.2) is 0 Å². The van der Waals surface area contributed by atoms with Gasteiger partial charge in [-0.3, -0.25) is 9.59 Å². The van der Waals surface area contributed by atoms with Gasteiger partial charge in [0, 0.05) is 28.2 Å². The number of rotatable bonds is 7. The third-order valence-electron chi connectivity index (χ3n) is 3.44. The number of aryl methyl sites for hydroxylation is 1. The van der Waals surface area contributed by atoms with Crippen molar-refractivity contribution in [3.8, 4) is 0 Å². The van der Waals surface area contributed by atoms with Crippen LogP contribution < -0.4 is 0 Å². The lowest BCUT2D eigenvalue weighted by Crippen LogP contribution is -2.35. The average molecular weight is 351 g/mol. The first kappa shape index (κ1) is 17.8. The quantitative estimate of drug-likeness (QED) is 0.717. The smallest absolute Gasteiger partial charge is 0.255 e. The number of carbonyl (C=O) groups excluding carboxylic acids is 2. The summed E-state index contributed by atoms with van der Waals surface area (Å²) in [5, 5.41) is 1.78. The van der Waals surface area contributed by atoms with Crippen LogP contribution in [0.3, 0.4) is 0 Å². The van der Waals surface area contributed by atoms with Gasteiger partial charge in [0.1, 0.15) is 0 Å². The zero-order chi connectivity index (χ0) is 17.0. The first-order valence-corrected chi connectivity index (χ1v) is 9.15. The van der Waals surface area contributed by atoms with Crippen molar-refractivity contribution in [1.29, 1.82) is 0 Å². The molecule has 0 N–H and O–H groups in total. The van der Waals surface area contributed by atoms with Crippen molar-refractivity contribution >= 4 is 34.4 Å². The minimum Gasteiger partial charge on any atom is -0.332 e. The highest BCUT2D eigenvalue weighted by atomic mass is 32.1. The zero-order valence-corrected chi connectivity index (χ0v) is 15.6. The second-order valence-corrected chi connectivity index (χ2v) is 8.08. The number of ketones is 1. The maximum Gasteiger partial charge on any atom is 0.255 e. The van der Waals surface area contributed by atoms with Crippen molar-refractivity contribution in [1.82, 2.24) is 9.80 Å². The normalized spacial score (nSPS) is 11.0. The van der Waals surface area contributed by atoms with E-state index in [2.05, 4.69) is 24.0 Å². The van der Waals surface area contributed by atoms with E-state index in [9.17, 15) is 9.59 Å². The number of nitrogens with zero attached hydrogens (tertiary/aromatic N) is 2. The van der Waals surface area contributed by atoms with E-state index < -0.39 is 0 Å². The van der Waals surface area contributed by atoms with Crippen LogP contribution in [-0.2, 0) is 6.54 Å². The van der Waals surface area contributed by atoms with E-state index >= 15 is 0 Å². The Morgan fingerprint density at radius 3 is 2.43 bits per heavy atom. The molecule has 0 saturated carbocycles. The second kappa shape index (κ2) is 7.86. The summed E-state index contributed by atoms with van der Waals surface area (Å²) in [4.78, 5) is 31.2. The SMILES string of the molecule is CC(=O)c1cc(C(=O)N(CCN(C)C)Cc2ccc(C)s2)cs1. The summed E-state index contributed by atoms with van der Waals surface area (Å²) in [6, 6.07) is 5.86. The van der Waals surface area contributed by atoms with Crippen molar-refractivity contribution in [3.05, 3.63) is 43.8 Å². The van der Waals surface area contributed by atoms with Gasteiger partial charge in [-0.05, 0) is 46.1 Å². The highest BCUT2D eigenvalue weighted by Crippen LogP contribution is 2.21. The number of carbonyl (C=O) groups is 2. The third-order valence-corrected chi connectivity index (χ3v) is 5.46. The van der Waals surface area contributed by atoms with Gasteiger partial charge in [0.15, 0.2) is 5.78 Å². The number of thiophene rings is 2. The number of hydrogen-bond donors (Lipinski definition) is 0. The Labute approximate surface area is 145 Å². The van der Waals surface area contributed by atoms with Gasteiger partial charge in [-0.2, -0.15) is 0 Å². The van der Waals surface area contributed by atoms with Crippen molar-refractivity contribution in [2.45, 2.75) is 20.4 Å². The van der Waals surface area contributed by atoms with Crippen LogP contribution in [0, 0.1) is 6.92 Å². The molecule has 2 heterocycles. The maximum atomic E-state index is 12.8. The summed E-state index contributed by atoms with van der Waals surface area (Å²) in [5.74, 6) is -0.00979. The highest BCUT2D eigenvalue weighted by Gasteiger charge is 2.19. The maximum absolute atomic E-state index is 12.8. The second-order valence-electron chi connectivity index (χ2n) is 5.80. The van der Waals surface area contributed by atoms with Crippen molar-refractivity contribution in [3.63, 3.8) is 0 Å². The summed E-state index contributed by atoms with van der Waals surface area (Å²) < 4.78 is 0. The molecular formula is C17H22N2O2S2. The van der Waals surface area contributed by atoms with Crippen LogP contribution in [0.15, 0.2) is 23.6 Å². The Hall–Kier alpha value is -1.50. The summed E-state index contributed by atoms with van der Waals surface area (Å²) in [7, 11) is 3.99. The molecule has 23 heavy (non-hydrogen) atoms. The Balaban J connectivity index is 2.16. The minimum atomic E-state index is -0.0124. The molecule has 0 radical (unpaired) electrons. The van der Waals surface area contributed by atoms with Gasteiger partial charge in [0.25, 0.3) is 5.91 Å². The highest BCUT2D eigenvalue weighted by molar-refractivity contribution is 7.12. The molecule has 0 unspecified atom stereocenters. The monoisotopic (exact) mass is 350 g/mol. The largest absolute Gasteiger partial charge is 0.332 e. The molecule has 0 aliphatic heterocycles. The first-order valence-electron chi connectivity index (χ1n) is 7.45. The van der Waals surface area contributed by atoms with E-state index in [-0.39, 0.29) is 11.7 Å². The van der Waals surface area contributed by atoms with E-state index in [1.807, 2.05) is 19.0 Å². The molecule has 0 spiro atoms. The molecule has 6 heteroatoms. The van der Waals surface area contributed by atoms with Gasteiger partial charge >= 0.3 is 0 Å². The van der Waals surface area contributed by atoms with Crippen LogP contribution in [0.4, 0.5) is 0 Å². The molecule has 124 valence electrons. The van der Waals surface area contributed by atoms with Gasteiger partial charge in [0.2, 0.25) is 0 Å². The molecule has 0 aliphatic carbocycles. The number of likely N-dealkylation sites (N-methyl/N-ethyl adjacent to an activating group) is 1. The molecular weight excluding hydrogens is 328 g/mol. The zero-order valence-electron chi connectivity index (χ0n) is 14.0. The van der Waals surface area contributed by atoms with E-state index in [0.717, 1.165) is 6.54 Å². The molecule has 2 aromatic rings. The first-order chi connectivity index (χ1) is 10.9. The fourth-order valence-electron chi connectivity index (χ4n) is 2.15. The van der Waals surface area contributed by atoms with Gasteiger partial charge < -0.3 is 9.80 Å². The lowest BCUT2D eigenvalue weighted by Gasteiger charge is -2.23. The lowest BCUT2D eigenvalue weighted by molar-refractivity contribution is 0.0734. The standard InChI is InChI=1S/C17H22N2O2S2/c1-12-5-6-15(23-12)10-19(8-7-18(3)4)17(21)14-9-16(13(2)20)22-11-14/h5-6,9,11H,7-8,10H2,1-4H3. The predicted molar refractivity (Wildman–Crippen MR) is 96.7 cm³/mol. The van der Waals surface area contributed by atoms with Crippen LogP contribution >= 0.6 is 22.7 Å². The van der Waals surface area contributed by atoms with Crippen LogP contribution in [0.25, 0.3) is 0 Å². The van der Waals surface area contributed by atoms with E-state index in [1.54, 1.807) is 22.8 Å². The average Bonchev–Trinajstić information content (AvgIpc) is 3.11. The predicted octanol–water partition coefficient (Wildman–Crippen LogP) is 3.52. The van der Waals surface area contributed by atoms with Crippen molar-refractivity contribution < 1.29 is 9.59 Å². The summed E-state index contributed by atoms with van der Waals surface area (Å²) in [5.41, 5.74) is 0.604. The van der Waals surface area contributed by atoms with E-state index in [0.29, 0.717) is 23.5 Å². The summed E-state index contributed by atoms with van der Waals surface area (Å²) in [6.45, 7) is 5.67. The van der Waals surface area contributed by atoms with Crippen molar-refractivity contribution in [2.24, 2.45) is 0 Å². The Morgan fingerprint density at radius 1 is 1.17 bits per heavy atom. The molecule has 2 rings (SSSR count). The molecule has 0 saturated heterocycles.